The Morgan fingerprint density at radius 1 is 0.917 bits per heavy atom. The fraction of sp³-hybridized carbons (Fsp3) is 0.652. The van der Waals surface area contributed by atoms with Gasteiger partial charge in [0.05, 0.1) is 29.0 Å². The van der Waals surface area contributed by atoms with Gasteiger partial charge in [-0.25, -0.2) is 14.8 Å². The largest absolute Gasteiger partial charge is 1.00 e. The fourth-order valence-corrected chi connectivity index (χ4v) is 5.42. The van der Waals surface area contributed by atoms with Crippen molar-refractivity contribution in [2.45, 2.75) is 25.7 Å². The Labute approximate surface area is 233 Å². The number of esters is 1. The molecule has 0 amide bonds. The molecule has 2 aliphatic rings. The summed E-state index contributed by atoms with van der Waals surface area (Å²) < 4.78 is 4.73. The van der Waals surface area contributed by atoms with E-state index in [1.807, 2.05) is 0 Å². The van der Waals surface area contributed by atoms with E-state index in [9.17, 15) is 14.7 Å². The zero-order valence-electron chi connectivity index (χ0n) is 21.6. The number of carbonyl (C=O) groups excluding carboxylic acids is 2. The maximum absolute atomic E-state index is 11.5. The number of thiazole rings is 2. The Morgan fingerprint density at radius 2 is 1.33 bits per heavy atom. The number of carbonyl (C=O) groups is 2. The van der Waals surface area contributed by atoms with Crippen molar-refractivity contribution in [3.05, 3.63) is 20.8 Å². The predicted octanol–water partition coefficient (Wildman–Crippen LogP) is -1.05. The monoisotopic (exact) mass is 530 g/mol. The Hall–Kier alpha value is -1.68. The molecule has 0 bridgehead atoms. The number of nitrogens with zero attached hydrogens (tertiary/aromatic N) is 4. The van der Waals surface area contributed by atoms with Crippen LogP contribution in [0.25, 0.3) is 0 Å². The summed E-state index contributed by atoms with van der Waals surface area (Å²) in [6.45, 7) is 6.17. The van der Waals surface area contributed by atoms with E-state index >= 15 is 0 Å². The molecule has 36 heavy (non-hydrogen) atoms. The van der Waals surface area contributed by atoms with Gasteiger partial charge >= 0.3 is 24.8 Å². The summed E-state index contributed by atoms with van der Waals surface area (Å²) in [5, 5.41) is 17.2. The van der Waals surface area contributed by atoms with Gasteiger partial charge in [-0.3, -0.25) is 0 Å². The van der Waals surface area contributed by atoms with E-state index in [0.29, 0.717) is 28.3 Å². The van der Waals surface area contributed by atoms with Gasteiger partial charge in [-0.2, -0.15) is 0 Å². The number of ether oxygens (including phenoxy) is 1. The number of rotatable bonds is 8. The van der Waals surface area contributed by atoms with E-state index in [-0.39, 0.29) is 29.7 Å². The minimum absolute atomic E-state index is 0. The number of hydrogen-bond donors (Lipinski definition) is 2. The molecular formula is C23H35LiN6O4S2. The second kappa shape index (κ2) is 15.5. The first-order valence-electron chi connectivity index (χ1n) is 11.9. The van der Waals surface area contributed by atoms with Crippen LogP contribution in [0.5, 0.6) is 0 Å². The molecule has 2 aliphatic heterocycles. The summed E-state index contributed by atoms with van der Waals surface area (Å²) in [6.07, 6.45) is 4.69. The van der Waals surface area contributed by atoms with Gasteiger partial charge < -0.3 is 35.1 Å². The third kappa shape index (κ3) is 9.32. The van der Waals surface area contributed by atoms with Crippen LogP contribution in [0.1, 0.15) is 45.0 Å². The molecule has 2 N–H and O–H groups in total. The topological polar surface area (TPSA) is 123 Å². The zero-order chi connectivity index (χ0) is 25.2. The van der Waals surface area contributed by atoms with Gasteiger partial charge in [0.2, 0.25) is 0 Å². The molecule has 0 spiro atoms. The summed E-state index contributed by atoms with van der Waals surface area (Å²) in [6, 6.07) is 0. The third-order valence-corrected chi connectivity index (χ3v) is 8.10. The molecule has 2 aromatic rings. The van der Waals surface area contributed by atoms with Crippen LogP contribution in [0, 0.1) is 11.8 Å². The van der Waals surface area contributed by atoms with E-state index in [2.05, 4.69) is 44.5 Å². The first-order chi connectivity index (χ1) is 16.9. The first-order valence-corrected chi connectivity index (χ1v) is 13.6. The van der Waals surface area contributed by atoms with Crippen molar-refractivity contribution in [1.29, 1.82) is 0 Å². The number of aromatic carboxylic acids is 1. The Morgan fingerprint density at radius 3 is 1.75 bits per heavy atom. The Balaban J connectivity index is 0.000000247. The second-order valence-electron chi connectivity index (χ2n) is 9.09. The van der Waals surface area contributed by atoms with Crippen LogP contribution < -0.4 is 34.6 Å². The molecule has 0 saturated carbocycles. The van der Waals surface area contributed by atoms with Crippen molar-refractivity contribution < 1.29 is 38.3 Å². The van der Waals surface area contributed by atoms with Crippen molar-refractivity contribution in [3.63, 3.8) is 0 Å². The molecule has 0 aromatic carbocycles. The molecule has 2 saturated heterocycles. The van der Waals surface area contributed by atoms with E-state index < -0.39 is 5.97 Å². The summed E-state index contributed by atoms with van der Waals surface area (Å²) >= 11 is 2.41. The zero-order valence-corrected chi connectivity index (χ0v) is 23.3. The van der Waals surface area contributed by atoms with Crippen molar-refractivity contribution in [2.75, 3.05) is 71.1 Å². The minimum atomic E-state index is -1.15. The predicted molar refractivity (Wildman–Crippen MR) is 137 cm³/mol. The van der Waals surface area contributed by atoms with Crippen LogP contribution in [-0.2, 0) is 4.74 Å². The quantitative estimate of drug-likeness (QED) is 0.323. The maximum atomic E-state index is 11.5. The molecule has 13 heteroatoms. The molecule has 194 valence electrons. The number of piperidine rings is 2. The Kier molecular flexibility index (Phi) is 13.2. The van der Waals surface area contributed by atoms with E-state index in [1.165, 1.54) is 36.8 Å². The van der Waals surface area contributed by atoms with E-state index in [4.69, 9.17) is 4.74 Å². The van der Waals surface area contributed by atoms with E-state index in [1.54, 1.807) is 5.51 Å². The first kappa shape index (κ1) is 30.5. The smallest absolute Gasteiger partial charge is 0.544 e. The summed E-state index contributed by atoms with van der Waals surface area (Å²) in [7, 11) is 5.67. The standard InChI is InChI=1S/C12H19N3O2S.C11H17N3O2S.Li/c1-15-5-3-9(4-6-15)7-13-11-10(12(16)17-2)18-8-14-11;1-14-4-2-8(3-5-14)6-12-10-9(11(15)16)17-7-13-10;/h8-9,13H,3-7H2,1-2H3;7-8,12H,2-6H2,1H3,(H,15,16);/q;;+1/p-1. The number of anilines is 2. The number of carboxylic acids is 1. The number of aromatic nitrogens is 2. The number of carboxylic acid groups (broad SMARTS) is 1. The second-order valence-corrected chi connectivity index (χ2v) is 10.8. The molecule has 0 unspecified atom stereocenters. The molecule has 0 atom stereocenters. The van der Waals surface area contributed by atoms with Gasteiger partial charge in [-0.15, -0.1) is 22.7 Å². The normalized spacial score (nSPS) is 17.4. The minimum Gasteiger partial charge on any atom is -0.544 e. The van der Waals surface area contributed by atoms with Crippen LogP contribution >= 0.6 is 22.7 Å². The van der Waals surface area contributed by atoms with E-state index in [0.717, 1.165) is 63.4 Å². The molecule has 0 radical (unpaired) electrons. The number of nitrogens with one attached hydrogen (secondary N) is 2. The van der Waals surface area contributed by atoms with Crippen LogP contribution in [0.15, 0.2) is 11.0 Å². The molecule has 4 rings (SSSR count). The molecule has 10 nitrogen and oxygen atoms in total. The van der Waals surface area contributed by atoms with Gasteiger partial charge in [0.1, 0.15) is 5.82 Å². The molecular weight excluding hydrogens is 495 g/mol. The molecule has 2 fully saturated rings. The van der Waals surface area contributed by atoms with Gasteiger partial charge in [0.25, 0.3) is 0 Å². The summed E-state index contributed by atoms with van der Waals surface area (Å²) in [5.74, 6) is 0.900. The summed E-state index contributed by atoms with van der Waals surface area (Å²) in [4.78, 5) is 35.9. The number of methoxy groups -OCH3 is 1. The maximum Gasteiger partial charge on any atom is 1.00 e. The number of hydrogen-bond acceptors (Lipinski definition) is 12. The van der Waals surface area contributed by atoms with Crippen LogP contribution in [0.2, 0.25) is 0 Å². The molecule has 2 aromatic heterocycles. The molecule has 4 heterocycles. The van der Waals surface area contributed by atoms with Crippen LogP contribution in [0.4, 0.5) is 11.6 Å². The number of likely N-dealkylation sites (tertiary alicyclic amines) is 2. The average Bonchev–Trinajstić information content (AvgIpc) is 3.53. The van der Waals surface area contributed by atoms with Crippen molar-refractivity contribution in [2.24, 2.45) is 11.8 Å². The van der Waals surface area contributed by atoms with Crippen LogP contribution in [0.3, 0.4) is 0 Å². The van der Waals surface area contributed by atoms with Gasteiger partial charge in [-0.1, -0.05) is 0 Å². The molecule has 0 aliphatic carbocycles. The average molecular weight is 531 g/mol. The van der Waals surface area contributed by atoms with Crippen molar-refractivity contribution >= 4 is 46.2 Å². The van der Waals surface area contributed by atoms with Gasteiger partial charge in [0.15, 0.2) is 10.7 Å². The fourth-order valence-electron chi connectivity index (χ4n) is 4.14. The van der Waals surface area contributed by atoms with Crippen molar-refractivity contribution in [3.8, 4) is 0 Å². The van der Waals surface area contributed by atoms with Crippen molar-refractivity contribution in [1.82, 2.24) is 19.8 Å². The summed E-state index contributed by atoms with van der Waals surface area (Å²) in [5.41, 5.74) is 3.20. The van der Waals surface area contributed by atoms with Gasteiger partial charge in [-0.05, 0) is 77.8 Å². The third-order valence-electron chi connectivity index (χ3n) is 6.48. The van der Waals surface area contributed by atoms with Gasteiger partial charge in [0, 0.05) is 13.1 Å². The Bertz CT molecular complexity index is 943. The SMILES string of the molecule is CN1CCC(CNc2ncsc2C(=O)[O-])CC1.COC(=O)c1scnc1NCC1CCN(C)CC1.[Li+]. The van der Waals surface area contributed by atoms with Crippen LogP contribution in [-0.4, -0.2) is 92.2 Å².